The van der Waals surface area contributed by atoms with Gasteiger partial charge >= 0.3 is 0 Å². The Balaban J connectivity index is 2.45. The average Bonchev–Trinajstić information content (AvgIpc) is 2.73. The molecule has 0 unspecified atom stereocenters. The van der Waals surface area contributed by atoms with Crippen LogP contribution in [0.4, 0.5) is 0 Å². The van der Waals surface area contributed by atoms with E-state index in [2.05, 4.69) is 0 Å². The molecule has 154 valence electrons. The minimum atomic E-state index is -0.559. The van der Waals surface area contributed by atoms with E-state index in [-0.39, 0.29) is 62.5 Å². The molecule has 9 nitrogen and oxygen atoms in total. The molecule has 0 saturated heterocycles. The van der Waals surface area contributed by atoms with Gasteiger partial charge in [0.1, 0.15) is 16.7 Å². The van der Waals surface area contributed by atoms with E-state index in [1.807, 2.05) is 0 Å². The quantitative estimate of drug-likeness (QED) is 0.598. The summed E-state index contributed by atoms with van der Waals surface area (Å²) in [6.45, 7) is 0. The second-order valence-corrected chi connectivity index (χ2v) is 5.85. The molecule has 0 bridgehead atoms. The zero-order valence-electron chi connectivity index (χ0n) is 16.5. The van der Waals surface area contributed by atoms with Gasteiger partial charge in [0, 0.05) is 12.1 Å². The smallest absolute Gasteiger partial charge is 0.239 e. The normalized spacial score (nSPS) is 10.7. The van der Waals surface area contributed by atoms with Gasteiger partial charge in [-0.1, -0.05) is 0 Å². The number of hydrogen-bond donors (Lipinski definition) is 2. The van der Waals surface area contributed by atoms with E-state index in [9.17, 15) is 15.0 Å². The molecule has 0 aliphatic carbocycles. The van der Waals surface area contributed by atoms with Crippen molar-refractivity contribution < 1.29 is 38.3 Å². The van der Waals surface area contributed by atoms with E-state index in [4.69, 9.17) is 28.1 Å². The topological polar surface area (TPSA) is 117 Å². The maximum Gasteiger partial charge on any atom is 0.239 e. The molecule has 3 rings (SSSR count). The van der Waals surface area contributed by atoms with E-state index < -0.39 is 5.43 Å². The van der Waals surface area contributed by atoms with Crippen LogP contribution in [0.5, 0.6) is 40.2 Å². The Morgan fingerprint density at radius 3 is 1.90 bits per heavy atom. The van der Waals surface area contributed by atoms with Crippen molar-refractivity contribution in [3.05, 3.63) is 28.4 Å². The van der Waals surface area contributed by atoms with Crippen LogP contribution in [0.2, 0.25) is 0 Å². The van der Waals surface area contributed by atoms with E-state index in [1.165, 1.54) is 53.7 Å². The molecule has 0 amide bonds. The number of ether oxygens (including phenoxy) is 5. The van der Waals surface area contributed by atoms with Crippen molar-refractivity contribution in [2.75, 3.05) is 35.5 Å². The molecule has 1 heterocycles. The number of methoxy groups -OCH3 is 5. The number of rotatable bonds is 6. The second-order valence-electron chi connectivity index (χ2n) is 5.85. The largest absolute Gasteiger partial charge is 0.507 e. The van der Waals surface area contributed by atoms with Gasteiger partial charge < -0.3 is 38.3 Å². The Bertz CT molecular complexity index is 1130. The first-order chi connectivity index (χ1) is 13.9. The summed E-state index contributed by atoms with van der Waals surface area (Å²) in [6, 6.07) is 3.86. The van der Waals surface area contributed by atoms with Crippen LogP contribution >= 0.6 is 0 Å². The molecular formula is C20H20O9. The Kier molecular flexibility index (Phi) is 5.31. The van der Waals surface area contributed by atoms with Gasteiger partial charge in [-0.3, -0.25) is 4.79 Å². The Hall–Kier alpha value is -3.75. The molecule has 0 atom stereocenters. The summed E-state index contributed by atoms with van der Waals surface area (Å²) in [5.41, 5.74) is -0.417. The van der Waals surface area contributed by atoms with E-state index in [0.29, 0.717) is 0 Å². The van der Waals surface area contributed by atoms with Gasteiger partial charge in [-0.25, -0.2) is 0 Å². The number of benzene rings is 2. The Morgan fingerprint density at radius 1 is 0.724 bits per heavy atom. The molecular weight excluding hydrogens is 384 g/mol. The fourth-order valence-corrected chi connectivity index (χ4v) is 3.07. The lowest BCUT2D eigenvalue weighted by Crippen LogP contribution is -2.10. The molecule has 29 heavy (non-hydrogen) atoms. The number of phenolic OH excluding ortho intramolecular Hbond substituents is 2. The summed E-state index contributed by atoms with van der Waals surface area (Å²) in [6.07, 6.45) is 0. The first-order valence-corrected chi connectivity index (χ1v) is 8.35. The second kappa shape index (κ2) is 7.70. The van der Waals surface area contributed by atoms with Gasteiger partial charge in [-0.2, -0.15) is 0 Å². The van der Waals surface area contributed by atoms with Gasteiger partial charge in [0.25, 0.3) is 0 Å². The zero-order chi connectivity index (χ0) is 21.3. The van der Waals surface area contributed by atoms with Crippen LogP contribution in [0.1, 0.15) is 0 Å². The number of phenols is 2. The first kappa shape index (κ1) is 20.0. The van der Waals surface area contributed by atoms with Crippen LogP contribution in [0, 0.1) is 0 Å². The molecule has 0 spiro atoms. The van der Waals surface area contributed by atoms with Crippen LogP contribution < -0.4 is 29.1 Å². The third-order valence-electron chi connectivity index (χ3n) is 4.39. The Morgan fingerprint density at radius 2 is 1.34 bits per heavy atom. The summed E-state index contributed by atoms with van der Waals surface area (Å²) >= 11 is 0. The highest BCUT2D eigenvalue weighted by Crippen LogP contribution is 2.46. The van der Waals surface area contributed by atoms with Crippen molar-refractivity contribution in [3.8, 4) is 51.6 Å². The molecule has 0 fully saturated rings. The van der Waals surface area contributed by atoms with Crippen molar-refractivity contribution in [3.63, 3.8) is 0 Å². The number of aromatic hydroxyl groups is 2. The van der Waals surface area contributed by atoms with Crippen LogP contribution in [-0.4, -0.2) is 45.8 Å². The van der Waals surface area contributed by atoms with Crippen molar-refractivity contribution in [1.29, 1.82) is 0 Å². The molecule has 9 heteroatoms. The zero-order valence-corrected chi connectivity index (χ0v) is 16.5. The summed E-state index contributed by atoms with van der Waals surface area (Å²) in [5.74, 6) is -0.156. The van der Waals surface area contributed by atoms with Gasteiger partial charge in [-0.05, 0) is 6.07 Å². The molecule has 2 N–H and O–H groups in total. The lowest BCUT2D eigenvalue weighted by molar-refractivity contribution is 0.325. The van der Waals surface area contributed by atoms with Gasteiger partial charge in [0.15, 0.2) is 28.8 Å². The molecule has 2 aromatic carbocycles. The van der Waals surface area contributed by atoms with E-state index in [1.54, 1.807) is 0 Å². The van der Waals surface area contributed by atoms with E-state index in [0.717, 1.165) is 0 Å². The fraction of sp³-hybridized carbons (Fsp3) is 0.250. The third kappa shape index (κ3) is 3.10. The molecule has 0 aliphatic heterocycles. The van der Waals surface area contributed by atoms with Crippen molar-refractivity contribution in [2.24, 2.45) is 0 Å². The maximum absolute atomic E-state index is 13.2. The minimum Gasteiger partial charge on any atom is -0.507 e. The van der Waals surface area contributed by atoms with Crippen LogP contribution in [0.15, 0.2) is 27.4 Å². The van der Waals surface area contributed by atoms with Crippen LogP contribution in [0.25, 0.3) is 22.3 Å². The molecule has 3 aromatic rings. The average molecular weight is 404 g/mol. The van der Waals surface area contributed by atoms with E-state index >= 15 is 0 Å². The lowest BCUT2D eigenvalue weighted by Gasteiger charge is -2.16. The predicted octanol–water partition coefficient (Wildman–Crippen LogP) is 2.91. The Labute approximate surface area is 165 Å². The minimum absolute atomic E-state index is 0.0351. The molecule has 1 aromatic heterocycles. The van der Waals surface area contributed by atoms with Crippen LogP contribution in [0.3, 0.4) is 0 Å². The summed E-state index contributed by atoms with van der Waals surface area (Å²) in [7, 11) is 6.85. The van der Waals surface area contributed by atoms with Crippen molar-refractivity contribution in [1.82, 2.24) is 0 Å². The van der Waals surface area contributed by atoms with Crippen molar-refractivity contribution in [2.45, 2.75) is 0 Å². The summed E-state index contributed by atoms with van der Waals surface area (Å²) in [4.78, 5) is 13.2. The maximum atomic E-state index is 13.2. The van der Waals surface area contributed by atoms with Gasteiger partial charge in [0.05, 0.1) is 41.1 Å². The number of hydrogen-bond acceptors (Lipinski definition) is 9. The van der Waals surface area contributed by atoms with Gasteiger partial charge in [-0.15, -0.1) is 0 Å². The third-order valence-corrected chi connectivity index (χ3v) is 4.39. The molecule has 0 radical (unpaired) electrons. The van der Waals surface area contributed by atoms with Crippen LogP contribution in [-0.2, 0) is 0 Å². The monoisotopic (exact) mass is 404 g/mol. The fourth-order valence-electron chi connectivity index (χ4n) is 3.07. The molecule has 0 saturated carbocycles. The van der Waals surface area contributed by atoms with Crippen molar-refractivity contribution >= 4 is 11.0 Å². The summed E-state index contributed by atoms with van der Waals surface area (Å²) < 4.78 is 32.1. The standard InChI is InChI=1S/C20H20O9/c1-24-12-7-10(21)9(6-11(12)22)17-20(28-5)16(23)15-13(29-17)8-14(25-2)18(26-3)19(15)27-4/h6-8,21-22H,1-5H3. The SMILES string of the molecule is COc1cc(O)c(-c2oc3cc(OC)c(OC)c(OC)c3c(=O)c2OC)cc1O. The lowest BCUT2D eigenvalue weighted by atomic mass is 10.1. The highest BCUT2D eigenvalue weighted by molar-refractivity contribution is 5.92. The predicted molar refractivity (Wildman–Crippen MR) is 104 cm³/mol. The van der Waals surface area contributed by atoms with Gasteiger partial charge in [0.2, 0.25) is 16.9 Å². The molecule has 0 aliphatic rings. The number of fused-ring (bicyclic) bond motifs is 1. The highest BCUT2D eigenvalue weighted by atomic mass is 16.5. The summed E-state index contributed by atoms with van der Waals surface area (Å²) in [5, 5.41) is 20.6. The highest BCUT2D eigenvalue weighted by Gasteiger charge is 2.26. The first-order valence-electron chi connectivity index (χ1n) is 8.35.